The first-order chi connectivity index (χ1) is 7.91. The molecule has 92 valence electrons. The number of amides is 1. The number of hydrogen-bond donors (Lipinski definition) is 3. The largest absolute Gasteiger partial charge is 0.479 e. The Hall–Kier alpha value is -1.18. The lowest BCUT2D eigenvalue weighted by Crippen LogP contribution is -2.36. The van der Waals surface area contributed by atoms with E-state index in [9.17, 15) is 9.59 Å². The van der Waals surface area contributed by atoms with Crippen LogP contribution in [0.5, 0.6) is 0 Å². The van der Waals surface area contributed by atoms with Gasteiger partial charge in [0.05, 0.1) is 12.1 Å². The Morgan fingerprint density at radius 1 is 1.59 bits per heavy atom. The molecule has 17 heavy (non-hydrogen) atoms. The number of nitrogens with zero attached hydrogens (tertiary/aromatic N) is 1. The fourth-order valence-electron chi connectivity index (χ4n) is 0.954. The second-order valence-corrected chi connectivity index (χ2v) is 4.33. The van der Waals surface area contributed by atoms with Crippen LogP contribution in [0.3, 0.4) is 0 Å². The van der Waals surface area contributed by atoms with Crippen LogP contribution in [-0.4, -0.2) is 39.7 Å². The quantitative estimate of drug-likeness (QED) is 0.707. The number of carbonyl (C=O) groups excluding carboxylic acids is 1. The zero-order chi connectivity index (χ0) is 13.0. The van der Waals surface area contributed by atoms with Gasteiger partial charge in [0, 0.05) is 10.7 Å². The van der Waals surface area contributed by atoms with Gasteiger partial charge >= 0.3 is 5.97 Å². The molecule has 0 unspecified atom stereocenters. The van der Waals surface area contributed by atoms with Crippen LogP contribution in [-0.2, 0) is 4.79 Å². The van der Waals surface area contributed by atoms with Crippen molar-refractivity contribution in [3.8, 4) is 0 Å². The molecule has 1 aromatic heterocycles. The number of halogens is 2. The predicted octanol–water partition coefficient (Wildman–Crippen LogP) is 0.673. The van der Waals surface area contributed by atoms with Gasteiger partial charge in [-0.05, 0) is 22.0 Å². The second kappa shape index (κ2) is 5.95. The molecule has 0 aliphatic heterocycles. The third-order valence-electron chi connectivity index (χ3n) is 1.79. The number of carboxylic acid groups (broad SMARTS) is 1. The molecule has 0 bridgehead atoms. The average Bonchev–Trinajstić information content (AvgIpc) is 2.28. The van der Waals surface area contributed by atoms with E-state index in [0.29, 0.717) is 4.47 Å². The molecule has 1 amide bonds. The fraction of sp³-hybridized carbons (Fsp3) is 0.222. The van der Waals surface area contributed by atoms with Gasteiger partial charge in [0.25, 0.3) is 5.91 Å². The van der Waals surface area contributed by atoms with Crippen molar-refractivity contribution in [2.24, 2.45) is 0 Å². The maximum atomic E-state index is 11.6. The van der Waals surface area contributed by atoms with E-state index in [2.05, 4.69) is 26.2 Å². The van der Waals surface area contributed by atoms with Gasteiger partial charge in [-0.2, -0.15) is 0 Å². The lowest BCUT2D eigenvalue weighted by molar-refractivity contribution is -0.146. The molecule has 3 N–H and O–H groups in total. The summed E-state index contributed by atoms with van der Waals surface area (Å²) in [7, 11) is 0. The molecule has 0 aliphatic rings. The summed E-state index contributed by atoms with van der Waals surface area (Å²) in [6, 6.07) is 1.44. The number of carboxylic acids is 1. The topological polar surface area (TPSA) is 99.5 Å². The van der Waals surface area contributed by atoms with Gasteiger partial charge < -0.3 is 15.5 Å². The summed E-state index contributed by atoms with van der Waals surface area (Å²) in [5, 5.41) is 19.6. The molecule has 8 heteroatoms. The molecule has 6 nitrogen and oxygen atoms in total. The fourth-order valence-corrected chi connectivity index (χ4v) is 1.47. The molecule has 0 radical (unpaired) electrons. The predicted molar refractivity (Wildman–Crippen MR) is 62.9 cm³/mol. The van der Waals surface area contributed by atoms with Crippen LogP contribution in [0, 0.1) is 0 Å². The Morgan fingerprint density at radius 2 is 2.24 bits per heavy atom. The van der Waals surface area contributed by atoms with E-state index in [4.69, 9.17) is 21.8 Å². The lowest BCUT2D eigenvalue weighted by Gasteiger charge is -2.08. The number of carbonyl (C=O) groups is 2. The van der Waals surface area contributed by atoms with Gasteiger partial charge in [-0.15, -0.1) is 0 Å². The number of rotatable bonds is 4. The van der Waals surface area contributed by atoms with Gasteiger partial charge in [-0.25, -0.2) is 9.78 Å². The van der Waals surface area contributed by atoms with Gasteiger partial charge in [-0.3, -0.25) is 4.79 Å². The highest BCUT2D eigenvalue weighted by molar-refractivity contribution is 9.10. The van der Waals surface area contributed by atoms with Crippen molar-refractivity contribution >= 4 is 39.4 Å². The summed E-state index contributed by atoms with van der Waals surface area (Å²) in [5.74, 6) is -2.02. The van der Waals surface area contributed by atoms with Crippen molar-refractivity contribution in [2.45, 2.75) is 6.10 Å². The molecule has 0 saturated carbocycles. The van der Waals surface area contributed by atoms with E-state index in [1.807, 2.05) is 0 Å². The maximum Gasteiger partial charge on any atom is 0.334 e. The number of aromatic nitrogens is 1. The van der Waals surface area contributed by atoms with Gasteiger partial charge in [0.1, 0.15) is 5.15 Å². The standard InChI is InChI=1S/C9H8BrClN2O4/c10-4-1-5(7(11)12-2-4)8(15)13-3-6(14)9(16)17/h1-2,6,14H,3H2,(H,13,15)(H,16,17)/t6-/m0/s1. The van der Waals surface area contributed by atoms with E-state index >= 15 is 0 Å². The van der Waals surface area contributed by atoms with Crippen molar-refractivity contribution in [3.63, 3.8) is 0 Å². The summed E-state index contributed by atoms with van der Waals surface area (Å²) in [5.41, 5.74) is 0.0960. The summed E-state index contributed by atoms with van der Waals surface area (Å²) >= 11 is 8.82. The Kier molecular flexibility index (Phi) is 4.86. The van der Waals surface area contributed by atoms with E-state index < -0.39 is 24.5 Å². The van der Waals surface area contributed by atoms with Crippen molar-refractivity contribution in [3.05, 3.63) is 27.5 Å². The summed E-state index contributed by atoms with van der Waals surface area (Å²) in [4.78, 5) is 25.6. The van der Waals surface area contributed by atoms with Crippen LogP contribution in [0.25, 0.3) is 0 Å². The second-order valence-electron chi connectivity index (χ2n) is 3.06. The van der Waals surface area contributed by atoms with E-state index in [0.717, 1.165) is 0 Å². The number of aliphatic carboxylic acids is 1. The van der Waals surface area contributed by atoms with Crippen molar-refractivity contribution in [2.75, 3.05) is 6.54 Å². The molecule has 0 aromatic carbocycles. The highest BCUT2D eigenvalue weighted by Gasteiger charge is 2.17. The van der Waals surface area contributed by atoms with Crippen molar-refractivity contribution < 1.29 is 19.8 Å². The van der Waals surface area contributed by atoms with Crippen molar-refractivity contribution in [1.29, 1.82) is 0 Å². The molecule has 1 atom stereocenters. The Labute approximate surface area is 110 Å². The Bertz CT molecular complexity index is 455. The third kappa shape index (κ3) is 3.95. The summed E-state index contributed by atoms with van der Waals surface area (Å²) < 4.78 is 0.561. The Balaban J connectivity index is 2.70. The van der Waals surface area contributed by atoms with Crippen LogP contribution >= 0.6 is 27.5 Å². The number of pyridine rings is 1. The third-order valence-corrected chi connectivity index (χ3v) is 2.53. The SMILES string of the molecule is O=C(NC[C@H](O)C(=O)O)c1cc(Br)cnc1Cl. The monoisotopic (exact) mass is 322 g/mol. The lowest BCUT2D eigenvalue weighted by atomic mass is 10.2. The van der Waals surface area contributed by atoms with Crippen LogP contribution in [0.4, 0.5) is 0 Å². The highest BCUT2D eigenvalue weighted by Crippen LogP contribution is 2.17. The Morgan fingerprint density at radius 3 is 2.82 bits per heavy atom. The highest BCUT2D eigenvalue weighted by atomic mass is 79.9. The minimum absolute atomic E-state index is 0.00415. The smallest absolute Gasteiger partial charge is 0.334 e. The molecule has 0 fully saturated rings. The number of hydrogen-bond acceptors (Lipinski definition) is 4. The van der Waals surface area contributed by atoms with Gasteiger partial charge in [-0.1, -0.05) is 11.6 Å². The molecule has 0 aliphatic carbocycles. The molecular weight excluding hydrogens is 315 g/mol. The van der Waals surface area contributed by atoms with Crippen LogP contribution in [0.15, 0.2) is 16.7 Å². The van der Waals surface area contributed by atoms with Gasteiger partial charge in [0.15, 0.2) is 6.10 Å². The van der Waals surface area contributed by atoms with Crippen LogP contribution in [0.2, 0.25) is 5.15 Å². The van der Waals surface area contributed by atoms with E-state index in [1.165, 1.54) is 12.3 Å². The minimum Gasteiger partial charge on any atom is -0.479 e. The first kappa shape index (κ1) is 13.9. The summed E-state index contributed by atoms with van der Waals surface area (Å²) in [6.45, 7) is -0.406. The first-order valence-corrected chi connectivity index (χ1v) is 5.59. The molecule has 1 rings (SSSR count). The molecule has 1 aromatic rings. The molecule has 0 spiro atoms. The maximum absolute atomic E-state index is 11.6. The number of aliphatic hydroxyl groups is 1. The molecule has 1 heterocycles. The normalized spacial score (nSPS) is 11.9. The number of nitrogens with one attached hydrogen (secondary N) is 1. The van der Waals surface area contributed by atoms with E-state index in [-0.39, 0.29) is 10.7 Å². The number of aliphatic hydroxyl groups excluding tert-OH is 1. The molecular formula is C9H8BrClN2O4. The summed E-state index contributed by atoms with van der Waals surface area (Å²) in [6.07, 6.45) is -0.233. The van der Waals surface area contributed by atoms with Crippen LogP contribution in [0.1, 0.15) is 10.4 Å². The van der Waals surface area contributed by atoms with E-state index in [1.54, 1.807) is 0 Å². The average molecular weight is 324 g/mol. The zero-order valence-corrected chi connectivity index (χ0v) is 10.7. The van der Waals surface area contributed by atoms with Crippen LogP contribution < -0.4 is 5.32 Å². The van der Waals surface area contributed by atoms with Gasteiger partial charge in [0.2, 0.25) is 0 Å². The molecule has 0 saturated heterocycles. The first-order valence-electron chi connectivity index (χ1n) is 4.42. The zero-order valence-electron chi connectivity index (χ0n) is 8.35. The minimum atomic E-state index is -1.65. The van der Waals surface area contributed by atoms with Crippen molar-refractivity contribution in [1.82, 2.24) is 10.3 Å².